The molecule has 2 fully saturated rings. The van der Waals surface area contributed by atoms with Gasteiger partial charge in [-0.15, -0.1) is 0 Å². The molecule has 1 aliphatic heterocycles. The van der Waals surface area contributed by atoms with Crippen LogP contribution in [0, 0.1) is 23.2 Å². The number of unbranched alkanes of at least 4 members (excludes halogenated alkanes) is 1. The number of rotatable bonds is 4. The summed E-state index contributed by atoms with van der Waals surface area (Å²) in [5.74, 6) is 5.98. The maximum Gasteiger partial charge on any atom is 0.304 e. The number of epoxide rings is 1. The van der Waals surface area contributed by atoms with E-state index in [-0.39, 0.29) is 17.7 Å². The van der Waals surface area contributed by atoms with Crippen molar-refractivity contribution in [3.63, 3.8) is 0 Å². The lowest BCUT2D eigenvalue weighted by molar-refractivity contribution is -0.150. The Labute approximate surface area is 120 Å². The van der Waals surface area contributed by atoms with Crippen molar-refractivity contribution in [3.05, 3.63) is 0 Å². The molecule has 3 unspecified atom stereocenters. The second-order valence-corrected chi connectivity index (χ2v) is 5.83. The van der Waals surface area contributed by atoms with E-state index < -0.39 is 5.60 Å². The van der Waals surface area contributed by atoms with Crippen LogP contribution in [0.25, 0.3) is 0 Å². The SMILES string of the molecule is CC(=O)OC(C)(C#CC12CCCCC1O2)CCCC#N. The predicted molar refractivity (Wildman–Crippen MR) is 73.5 cm³/mol. The number of esters is 1. The first-order valence-corrected chi connectivity index (χ1v) is 7.28. The second kappa shape index (κ2) is 5.85. The molecule has 0 aromatic heterocycles. The van der Waals surface area contributed by atoms with Crippen molar-refractivity contribution in [2.75, 3.05) is 0 Å². The zero-order chi connectivity index (χ0) is 14.6. The van der Waals surface area contributed by atoms with E-state index in [0.29, 0.717) is 19.3 Å². The number of hydrogen-bond acceptors (Lipinski definition) is 4. The zero-order valence-corrected chi connectivity index (χ0v) is 12.2. The van der Waals surface area contributed by atoms with Crippen LogP contribution in [0.5, 0.6) is 0 Å². The van der Waals surface area contributed by atoms with Crippen LogP contribution in [0.2, 0.25) is 0 Å². The van der Waals surface area contributed by atoms with Gasteiger partial charge >= 0.3 is 5.97 Å². The smallest absolute Gasteiger partial charge is 0.304 e. The summed E-state index contributed by atoms with van der Waals surface area (Å²) in [6.07, 6.45) is 6.36. The third-order valence-electron chi connectivity index (χ3n) is 3.93. The summed E-state index contributed by atoms with van der Waals surface area (Å²) in [5.41, 5.74) is -1.10. The molecule has 20 heavy (non-hydrogen) atoms. The van der Waals surface area contributed by atoms with E-state index in [1.54, 1.807) is 0 Å². The molecule has 108 valence electrons. The van der Waals surface area contributed by atoms with Gasteiger partial charge in [0.2, 0.25) is 0 Å². The number of fused-ring (bicyclic) bond motifs is 1. The topological polar surface area (TPSA) is 62.6 Å². The standard InChI is InChI=1S/C16H21NO3/c1-13(18)19-15(2,8-5-6-12-17)10-11-16-9-4-3-7-14(16)20-16/h14H,3-9H2,1-2H3. The zero-order valence-electron chi connectivity index (χ0n) is 12.2. The van der Waals surface area contributed by atoms with Crippen molar-refractivity contribution in [2.45, 2.75) is 76.1 Å². The first-order chi connectivity index (χ1) is 9.50. The van der Waals surface area contributed by atoms with E-state index in [1.165, 1.54) is 13.3 Å². The van der Waals surface area contributed by atoms with Crippen molar-refractivity contribution in [2.24, 2.45) is 0 Å². The van der Waals surface area contributed by atoms with Gasteiger partial charge in [0.1, 0.15) is 0 Å². The minimum Gasteiger partial charge on any atom is -0.446 e. The highest BCUT2D eigenvalue weighted by atomic mass is 16.6. The van der Waals surface area contributed by atoms with Gasteiger partial charge in [0.25, 0.3) is 0 Å². The Balaban J connectivity index is 2.04. The Hall–Kier alpha value is -1.52. The third kappa shape index (κ3) is 3.52. The average molecular weight is 275 g/mol. The molecule has 2 aliphatic rings. The lowest BCUT2D eigenvalue weighted by Gasteiger charge is -2.23. The molecular formula is C16H21NO3. The molecule has 0 spiro atoms. The van der Waals surface area contributed by atoms with Crippen LogP contribution in [0.3, 0.4) is 0 Å². The monoisotopic (exact) mass is 275 g/mol. The van der Waals surface area contributed by atoms with Crippen LogP contribution in [0.1, 0.15) is 58.8 Å². The maximum atomic E-state index is 11.2. The first-order valence-electron chi connectivity index (χ1n) is 7.28. The molecule has 0 aromatic rings. The Kier molecular flexibility index (Phi) is 4.35. The van der Waals surface area contributed by atoms with Gasteiger partial charge in [-0.3, -0.25) is 4.79 Å². The molecule has 1 heterocycles. The maximum absolute atomic E-state index is 11.2. The van der Waals surface area contributed by atoms with E-state index in [4.69, 9.17) is 14.7 Å². The van der Waals surface area contributed by atoms with Crippen molar-refractivity contribution >= 4 is 5.97 Å². The summed E-state index contributed by atoms with van der Waals surface area (Å²) in [6, 6.07) is 2.10. The normalized spacial score (nSPS) is 29.9. The molecule has 4 nitrogen and oxygen atoms in total. The fourth-order valence-electron chi connectivity index (χ4n) is 2.82. The summed E-state index contributed by atoms with van der Waals surface area (Å²) < 4.78 is 11.1. The highest BCUT2D eigenvalue weighted by molar-refractivity contribution is 5.67. The molecule has 1 aliphatic carbocycles. The molecular weight excluding hydrogens is 254 g/mol. The largest absolute Gasteiger partial charge is 0.446 e. The first kappa shape index (κ1) is 14.9. The number of nitrogens with zero attached hydrogens (tertiary/aromatic N) is 1. The molecule has 0 aromatic carbocycles. The highest BCUT2D eigenvalue weighted by Crippen LogP contribution is 2.47. The highest BCUT2D eigenvalue weighted by Gasteiger charge is 2.56. The van der Waals surface area contributed by atoms with Gasteiger partial charge in [0.15, 0.2) is 11.2 Å². The van der Waals surface area contributed by atoms with Crippen LogP contribution < -0.4 is 0 Å². The Bertz CT molecular complexity index is 484. The second-order valence-electron chi connectivity index (χ2n) is 5.83. The molecule has 4 heteroatoms. The van der Waals surface area contributed by atoms with E-state index in [2.05, 4.69) is 17.9 Å². The number of carbonyl (C=O) groups excluding carboxylic acids is 1. The predicted octanol–water partition coefficient (Wildman–Crippen LogP) is 2.72. The molecule has 1 saturated heterocycles. The van der Waals surface area contributed by atoms with Crippen LogP contribution in [-0.4, -0.2) is 23.3 Å². The number of ether oxygens (including phenoxy) is 2. The van der Waals surface area contributed by atoms with Gasteiger partial charge in [0, 0.05) is 13.3 Å². The number of hydrogen-bond donors (Lipinski definition) is 0. The molecule has 1 saturated carbocycles. The van der Waals surface area contributed by atoms with Gasteiger partial charge in [-0.1, -0.05) is 18.3 Å². The van der Waals surface area contributed by atoms with E-state index in [0.717, 1.165) is 19.3 Å². The van der Waals surface area contributed by atoms with Gasteiger partial charge in [-0.25, -0.2) is 0 Å². The molecule has 2 rings (SSSR count). The lowest BCUT2D eigenvalue weighted by Crippen LogP contribution is -2.30. The number of nitriles is 1. The van der Waals surface area contributed by atoms with Crippen molar-refractivity contribution in [1.29, 1.82) is 5.26 Å². The summed E-state index contributed by atoms with van der Waals surface area (Å²) in [5, 5.41) is 8.61. The molecule has 0 amide bonds. The van der Waals surface area contributed by atoms with Gasteiger partial charge in [-0.05, 0) is 39.0 Å². The summed E-state index contributed by atoms with van der Waals surface area (Å²) in [6.45, 7) is 3.20. The molecule has 0 bridgehead atoms. The fourth-order valence-corrected chi connectivity index (χ4v) is 2.82. The Morgan fingerprint density at radius 3 is 3.00 bits per heavy atom. The van der Waals surface area contributed by atoms with Gasteiger partial charge in [-0.2, -0.15) is 5.26 Å². The van der Waals surface area contributed by atoms with Crippen LogP contribution >= 0.6 is 0 Å². The fraction of sp³-hybridized carbons (Fsp3) is 0.750. The summed E-state index contributed by atoms with van der Waals surface area (Å²) >= 11 is 0. The molecule has 0 radical (unpaired) electrons. The van der Waals surface area contributed by atoms with Gasteiger partial charge < -0.3 is 9.47 Å². The molecule has 0 N–H and O–H groups in total. The van der Waals surface area contributed by atoms with Crippen LogP contribution in [0.15, 0.2) is 0 Å². The van der Waals surface area contributed by atoms with Gasteiger partial charge in [0.05, 0.1) is 12.2 Å². The minimum atomic E-state index is -0.814. The Morgan fingerprint density at radius 2 is 2.35 bits per heavy atom. The summed E-state index contributed by atoms with van der Waals surface area (Å²) in [7, 11) is 0. The van der Waals surface area contributed by atoms with Crippen molar-refractivity contribution in [3.8, 4) is 17.9 Å². The van der Waals surface area contributed by atoms with Crippen LogP contribution in [-0.2, 0) is 14.3 Å². The van der Waals surface area contributed by atoms with Crippen molar-refractivity contribution in [1.82, 2.24) is 0 Å². The molecule has 3 atom stereocenters. The minimum absolute atomic E-state index is 0.268. The van der Waals surface area contributed by atoms with E-state index in [9.17, 15) is 4.79 Å². The van der Waals surface area contributed by atoms with E-state index >= 15 is 0 Å². The summed E-state index contributed by atoms with van der Waals surface area (Å²) in [4.78, 5) is 11.2. The third-order valence-corrected chi connectivity index (χ3v) is 3.93. The van der Waals surface area contributed by atoms with Crippen molar-refractivity contribution < 1.29 is 14.3 Å². The van der Waals surface area contributed by atoms with Crippen LogP contribution in [0.4, 0.5) is 0 Å². The number of carbonyl (C=O) groups is 1. The average Bonchev–Trinajstić information content (AvgIpc) is 3.11. The van der Waals surface area contributed by atoms with E-state index in [1.807, 2.05) is 6.92 Å². The lowest BCUT2D eigenvalue weighted by atomic mass is 9.88. The quantitative estimate of drug-likeness (QED) is 0.342. The Morgan fingerprint density at radius 1 is 1.55 bits per heavy atom.